The number of hydrogen-bond acceptors (Lipinski definition) is 4. The van der Waals surface area contributed by atoms with E-state index in [1.165, 1.54) is 23.9 Å². The summed E-state index contributed by atoms with van der Waals surface area (Å²) in [4.78, 5) is 24.9. The predicted octanol–water partition coefficient (Wildman–Crippen LogP) is 4.17. The third-order valence-corrected chi connectivity index (χ3v) is 5.20. The van der Waals surface area contributed by atoms with Gasteiger partial charge in [0.25, 0.3) is 11.5 Å². The Morgan fingerprint density at radius 2 is 2.03 bits per heavy atom. The van der Waals surface area contributed by atoms with Gasteiger partial charge in [0.05, 0.1) is 17.3 Å². The van der Waals surface area contributed by atoms with Crippen molar-refractivity contribution in [1.29, 1.82) is 0 Å². The summed E-state index contributed by atoms with van der Waals surface area (Å²) in [7, 11) is 1.47. The highest BCUT2D eigenvalue weighted by Crippen LogP contribution is 2.29. The van der Waals surface area contributed by atoms with Gasteiger partial charge in [0.15, 0.2) is 0 Å². The third-order valence-electron chi connectivity index (χ3n) is 4.90. The molecule has 30 heavy (non-hydrogen) atoms. The van der Waals surface area contributed by atoms with E-state index < -0.39 is 11.7 Å². The van der Waals surface area contributed by atoms with Crippen molar-refractivity contribution in [1.82, 2.24) is 15.0 Å². The minimum Gasteiger partial charge on any atom is -0.364 e. The molecule has 2 aromatic carbocycles. The van der Waals surface area contributed by atoms with Crippen LogP contribution in [0.2, 0.25) is 5.02 Å². The molecule has 4 aromatic rings. The van der Waals surface area contributed by atoms with Crippen LogP contribution >= 0.6 is 11.6 Å². The third kappa shape index (κ3) is 3.59. The molecule has 0 spiro atoms. The molecule has 0 bridgehead atoms. The van der Waals surface area contributed by atoms with E-state index in [1.807, 2.05) is 13.0 Å². The van der Waals surface area contributed by atoms with Gasteiger partial charge in [-0.05, 0) is 48.4 Å². The largest absolute Gasteiger partial charge is 0.364 e. The van der Waals surface area contributed by atoms with Crippen LogP contribution in [0.25, 0.3) is 21.9 Å². The molecule has 2 heterocycles. The van der Waals surface area contributed by atoms with Crippen molar-refractivity contribution in [2.45, 2.75) is 13.5 Å². The van der Waals surface area contributed by atoms with E-state index in [4.69, 9.17) is 16.1 Å². The monoisotopic (exact) mass is 425 g/mol. The fourth-order valence-corrected chi connectivity index (χ4v) is 3.69. The van der Waals surface area contributed by atoms with Gasteiger partial charge in [0, 0.05) is 35.1 Å². The quantitative estimate of drug-likeness (QED) is 0.532. The molecular weight excluding hydrogens is 409 g/mol. The zero-order valence-electron chi connectivity index (χ0n) is 16.2. The molecule has 0 aliphatic carbocycles. The van der Waals surface area contributed by atoms with Gasteiger partial charge in [-0.15, -0.1) is 0 Å². The van der Waals surface area contributed by atoms with E-state index in [-0.39, 0.29) is 17.7 Å². The standard InChI is InChI=1S/C22H17ClFN3O3/c1-12-19(11-30-26-12)14-3-4-17-18(8-14)20(23)10-27(22(17)29)9-13-5-15(21(28)25-2)7-16(24)6-13/h3-8,10-11H,9H2,1-2H3,(H,25,28). The Labute approximate surface area is 175 Å². The van der Waals surface area contributed by atoms with Gasteiger partial charge >= 0.3 is 0 Å². The molecule has 1 amide bonds. The van der Waals surface area contributed by atoms with Crippen molar-refractivity contribution in [2.24, 2.45) is 0 Å². The maximum absolute atomic E-state index is 14.0. The van der Waals surface area contributed by atoms with Crippen LogP contribution < -0.4 is 10.9 Å². The normalized spacial score (nSPS) is 11.1. The van der Waals surface area contributed by atoms with Gasteiger partial charge in [-0.1, -0.05) is 22.8 Å². The number of nitrogens with one attached hydrogen (secondary N) is 1. The molecule has 0 aliphatic heterocycles. The zero-order chi connectivity index (χ0) is 21.4. The minimum absolute atomic E-state index is 0.0722. The molecule has 1 N–H and O–H groups in total. The van der Waals surface area contributed by atoms with Crippen molar-refractivity contribution in [3.63, 3.8) is 0 Å². The Hall–Kier alpha value is -3.45. The lowest BCUT2D eigenvalue weighted by atomic mass is 10.0. The van der Waals surface area contributed by atoms with Gasteiger partial charge in [0.2, 0.25) is 0 Å². The number of halogens is 2. The molecule has 8 heteroatoms. The first kappa shape index (κ1) is 19.8. The van der Waals surface area contributed by atoms with E-state index in [2.05, 4.69) is 10.5 Å². The molecule has 152 valence electrons. The second-order valence-corrected chi connectivity index (χ2v) is 7.32. The number of aryl methyl sites for hydroxylation is 1. The number of nitrogens with zero attached hydrogens (tertiary/aromatic N) is 2. The first-order chi connectivity index (χ1) is 14.4. The number of amides is 1. The van der Waals surface area contributed by atoms with Crippen molar-refractivity contribution in [3.05, 3.63) is 86.9 Å². The molecular formula is C22H17ClFN3O3. The molecule has 0 atom stereocenters. The van der Waals surface area contributed by atoms with E-state index in [0.717, 1.165) is 22.9 Å². The lowest BCUT2D eigenvalue weighted by Crippen LogP contribution is -2.21. The van der Waals surface area contributed by atoms with Crippen LogP contribution in [0.1, 0.15) is 21.6 Å². The SMILES string of the molecule is CNC(=O)c1cc(F)cc(Cn2cc(Cl)c3cc(-c4conc4C)ccc3c2=O)c1. The van der Waals surface area contributed by atoms with E-state index in [0.29, 0.717) is 21.4 Å². The Bertz CT molecular complexity index is 1340. The number of hydrogen-bond donors (Lipinski definition) is 1. The lowest BCUT2D eigenvalue weighted by Gasteiger charge is -2.11. The Morgan fingerprint density at radius 1 is 1.23 bits per heavy atom. The maximum Gasteiger partial charge on any atom is 0.258 e. The summed E-state index contributed by atoms with van der Waals surface area (Å²) >= 11 is 6.47. The van der Waals surface area contributed by atoms with Crippen LogP contribution in [0.5, 0.6) is 0 Å². The van der Waals surface area contributed by atoms with Gasteiger partial charge in [-0.2, -0.15) is 0 Å². The van der Waals surface area contributed by atoms with Crippen molar-refractivity contribution < 1.29 is 13.7 Å². The second kappa shape index (κ2) is 7.76. The van der Waals surface area contributed by atoms with E-state index in [9.17, 15) is 14.0 Å². The first-order valence-electron chi connectivity index (χ1n) is 9.13. The maximum atomic E-state index is 14.0. The number of pyridine rings is 1. The van der Waals surface area contributed by atoms with Crippen LogP contribution in [-0.2, 0) is 6.54 Å². The van der Waals surface area contributed by atoms with Crippen molar-refractivity contribution in [3.8, 4) is 11.1 Å². The first-order valence-corrected chi connectivity index (χ1v) is 9.51. The number of carbonyl (C=O) groups is 1. The summed E-state index contributed by atoms with van der Waals surface area (Å²) in [5, 5.41) is 7.74. The Balaban J connectivity index is 1.77. The number of carbonyl (C=O) groups excluding carboxylic acids is 1. The van der Waals surface area contributed by atoms with Gasteiger partial charge in [0.1, 0.15) is 12.1 Å². The predicted molar refractivity (Wildman–Crippen MR) is 112 cm³/mol. The fraction of sp³-hybridized carbons (Fsp3) is 0.136. The molecule has 0 aliphatic rings. The molecule has 0 unspecified atom stereocenters. The molecule has 0 saturated heterocycles. The van der Waals surface area contributed by atoms with Crippen molar-refractivity contribution in [2.75, 3.05) is 7.05 Å². The summed E-state index contributed by atoms with van der Waals surface area (Å²) < 4.78 is 20.4. The average Bonchev–Trinajstić information content (AvgIpc) is 3.16. The number of rotatable bonds is 4. The molecule has 0 fully saturated rings. The fourth-order valence-electron chi connectivity index (χ4n) is 3.42. The molecule has 2 aromatic heterocycles. The van der Waals surface area contributed by atoms with Crippen molar-refractivity contribution >= 4 is 28.3 Å². The number of aromatic nitrogens is 2. The summed E-state index contributed by atoms with van der Waals surface area (Å²) in [5.41, 5.74) is 2.77. The Kier molecular flexibility index (Phi) is 5.13. The van der Waals surface area contributed by atoms with Gasteiger partial charge in [-0.25, -0.2) is 4.39 Å². The topological polar surface area (TPSA) is 77.1 Å². The van der Waals surface area contributed by atoms with E-state index in [1.54, 1.807) is 24.5 Å². The minimum atomic E-state index is -0.556. The molecule has 0 radical (unpaired) electrons. The van der Waals surface area contributed by atoms with Gasteiger partial charge in [-0.3, -0.25) is 9.59 Å². The number of fused-ring (bicyclic) bond motifs is 1. The highest BCUT2D eigenvalue weighted by Gasteiger charge is 2.13. The van der Waals surface area contributed by atoms with Crippen LogP contribution in [0.3, 0.4) is 0 Å². The lowest BCUT2D eigenvalue weighted by molar-refractivity contribution is 0.0962. The molecule has 0 saturated carbocycles. The summed E-state index contributed by atoms with van der Waals surface area (Å²) in [5.74, 6) is -0.962. The highest BCUT2D eigenvalue weighted by atomic mass is 35.5. The number of benzene rings is 2. The second-order valence-electron chi connectivity index (χ2n) is 6.91. The van der Waals surface area contributed by atoms with Crippen LogP contribution in [0.4, 0.5) is 4.39 Å². The average molecular weight is 426 g/mol. The van der Waals surface area contributed by atoms with Gasteiger partial charge < -0.3 is 14.4 Å². The van der Waals surface area contributed by atoms with Crippen LogP contribution in [0.15, 0.2) is 58.2 Å². The smallest absolute Gasteiger partial charge is 0.258 e. The Morgan fingerprint density at radius 3 is 2.73 bits per heavy atom. The van der Waals surface area contributed by atoms with E-state index >= 15 is 0 Å². The highest BCUT2D eigenvalue weighted by molar-refractivity contribution is 6.35. The molecule has 4 rings (SSSR count). The molecule has 6 nitrogen and oxygen atoms in total. The zero-order valence-corrected chi connectivity index (χ0v) is 17.0. The summed E-state index contributed by atoms with van der Waals surface area (Å²) in [6.45, 7) is 1.90. The summed E-state index contributed by atoms with van der Waals surface area (Å²) in [6, 6.07) is 9.29. The van der Waals surface area contributed by atoms with Crippen LogP contribution in [0, 0.1) is 12.7 Å². The van der Waals surface area contributed by atoms with Crippen LogP contribution in [-0.4, -0.2) is 22.7 Å². The summed E-state index contributed by atoms with van der Waals surface area (Å²) in [6.07, 6.45) is 3.06.